The van der Waals surface area contributed by atoms with Crippen molar-refractivity contribution in [3.8, 4) is 0 Å². The number of carbonyl (C=O) groups is 1. The van der Waals surface area contributed by atoms with E-state index in [1.807, 2.05) is 0 Å². The molecule has 0 aromatic rings. The molecule has 0 saturated heterocycles. The van der Waals surface area contributed by atoms with Crippen LogP contribution in [0.15, 0.2) is 0 Å². The monoisotopic (exact) mass is 215 g/mol. The molecule has 0 heterocycles. The van der Waals surface area contributed by atoms with Crippen LogP contribution in [-0.2, 0) is 20.2 Å². The summed E-state index contributed by atoms with van der Waals surface area (Å²) in [5, 5.41) is 13.9. The van der Waals surface area contributed by atoms with Gasteiger partial charge >= 0.3 is 35.7 Å². The van der Waals surface area contributed by atoms with Crippen molar-refractivity contribution in [3.05, 3.63) is 0 Å². The maximum Gasteiger partial charge on any atom is 1.00 e. The minimum absolute atomic E-state index is 0. The Kier molecular flexibility index (Phi) is 21.6. The average molecular weight is 215 g/mol. The molecule has 0 atom stereocenters. The molecule has 0 saturated carbocycles. The number of hydrogen-bond donors (Lipinski definition) is 3. The van der Waals surface area contributed by atoms with E-state index in [4.69, 9.17) is 28.3 Å². The largest absolute Gasteiger partial charge is 1.00 e. The summed E-state index contributed by atoms with van der Waals surface area (Å²) in [6, 6.07) is 0. The van der Waals surface area contributed by atoms with Crippen molar-refractivity contribution in [2.24, 2.45) is 0 Å². The Hall–Kier alpha value is 0.520. The van der Waals surface area contributed by atoms with E-state index in [0.29, 0.717) is 0 Å². The van der Waals surface area contributed by atoms with Crippen LogP contribution in [0.5, 0.6) is 0 Å². The van der Waals surface area contributed by atoms with Crippen LogP contribution >= 0.6 is 0 Å². The maximum atomic E-state index is 8.89. The summed E-state index contributed by atoms with van der Waals surface area (Å²) in [4.78, 5) is 8.56. The molecule has 0 spiro atoms. The Morgan fingerprint density at radius 2 is 1.36 bits per heavy atom. The van der Waals surface area contributed by atoms with Crippen molar-refractivity contribution in [3.63, 3.8) is 0 Å². The Bertz CT molecular complexity index is 163. The Labute approximate surface area is 90.0 Å². The molecule has 7 nitrogen and oxygen atoms in total. The summed E-state index contributed by atoms with van der Waals surface area (Å²) in [7, 11) is -4.33. The topological polar surface area (TPSA) is 157 Å². The molecule has 64 valence electrons. The second kappa shape index (κ2) is 10.5. The predicted octanol–water partition coefficient (Wildman–Crippen LogP) is -3.40. The van der Waals surface area contributed by atoms with E-state index in [9.17, 15) is 0 Å². The molecular weight excluding hydrogens is 209 g/mol. The fourth-order valence-corrected chi connectivity index (χ4v) is 0. The van der Waals surface area contributed by atoms with Gasteiger partial charge in [-0.05, 0) is 11.2 Å². The normalized spacial score (nSPS) is 7.45. The van der Waals surface area contributed by atoms with Crippen LogP contribution in [0.1, 0.15) is 0 Å². The van der Waals surface area contributed by atoms with Crippen LogP contribution < -0.4 is 35.7 Å². The summed E-state index contributed by atoms with van der Waals surface area (Å²) in [5.74, 6) is 0. The SMILES string of the molecule is O=C(O)O.O=S([O-])([O-])=S.[NH4+].[Na+]. The second-order valence-corrected chi connectivity index (χ2v) is 2.73. The number of carboxylic acid groups (broad SMARTS) is 2. The first-order valence-electron chi connectivity index (χ1n) is 1.32. The molecule has 0 aliphatic rings. The molecule has 6 N–H and O–H groups in total. The first-order valence-corrected chi connectivity index (χ1v) is 3.65. The summed E-state index contributed by atoms with van der Waals surface area (Å²) in [5.41, 5.74) is 0. The van der Waals surface area contributed by atoms with Gasteiger partial charge in [-0.2, -0.15) is 0 Å². The third-order valence-corrected chi connectivity index (χ3v) is 0. The third-order valence-electron chi connectivity index (χ3n) is 0. The van der Waals surface area contributed by atoms with E-state index >= 15 is 0 Å². The minimum atomic E-state index is -4.33. The fourth-order valence-electron chi connectivity index (χ4n) is 0. The van der Waals surface area contributed by atoms with Crippen LogP contribution in [0.4, 0.5) is 4.79 Å². The van der Waals surface area contributed by atoms with Gasteiger partial charge in [-0.25, -0.2) is 4.79 Å². The molecule has 0 aromatic carbocycles. The van der Waals surface area contributed by atoms with Crippen LogP contribution in [0.3, 0.4) is 0 Å². The van der Waals surface area contributed by atoms with Crippen molar-refractivity contribution in [2.45, 2.75) is 0 Å². The fraction of sp³-hybridized carbons (Fsp3) is 0. The molecule has 0 amide bonds. The zero-order valence-electron chi connectivity index (χ0n) is 5.84. The van der Waals surface area contributed by atoms with Gasteiger partial charge in [0.1, 0.15) is 0 Å². The first-order chi connectivity index (χ1) is 3.73. The van der Waals surface area contributed by atoms with Crippen molar-refractivity contribution in [1.82, 2.24) is 6.15 Å². The average Bonchev–Trinajstić information content (AvgIpc) is 1.19. The number of quaternary nitrogens is 1. The zero-order valence-corrected chi connectivity index (χ0v) is 9.48. The quantitative estimate of drug-likeness (QED) is 0.355. The smallest absolute Gasteiger partial charge is 0.780 e. The molecule has 10 heteroatoms. The van der Waals surface area contributed by atoms with Crippen molar-refractivity contribution < 1.29 is 57.9 Å². The van der Waals surface area contributed by atoms with E-state index in [0.717, 1.165) is 0 Å². The van der Waals surface area contributed by atoms with Gasteiger partial charge in [-0.1, -0.05) is 0 Å². The van der Waals surface area contributed by atoms with Crippen LogP contribution in [0.25, 0.3) is 0 Å². The molecule has 0 fully saturated rings. The maximum absolute atomic E-state index is 8.89. The molecule has 0 aromatic heterocycles. The van der Waals surface area contributed by atoms with Gasteiger partial charge in [-0.15, -0.1) is 9.05 Å². The molecule has 0 aliphatic heterocycles. The second-order valence-electron chi connectivity index (χ2n) is 0.691. The molecule has 0 aliphatic carbocycles. The summed E-state index contributed by atoms with van der Waals surface area (Å²) < 4.78 is 26.7. The van der Waals surface area contributed by atoms with E-state index in [-0.39, 0.29) is 35.7 Å². The van der Waals surface area contributed by atoms with Gasteiger partial charge in [0, 0.05) is 0 Å². The van der Waals surface area contributed by atoms with Gasteiger partial charge in [-0.3, -0.25) is 4.21 Å². The zero-order chi connectivity index (χ0) is 8.08. The standard InChI is InChI=1S/CH2O3.H3N.Na.H2O3S2/c2-1(3)4;;;1-5(2,3)4/h(H2,2,3,4);1H3;;(H2,1,2,3,4)/q;;+1;/p-1. The minimum Gasteiger partial charge on any atom is -0.780 e. The van der Waals surface area contributed by atoms with Gasteiger partial charge in [0.2, 0.25) is 0 Å². The predicted molar refractivity (Wildman–Crippen MR) is 33.7 cm³/mol. The Balaban J connectivity index is -0.0000000383. The molecule has 11 heavy (non-hydrogen) atoms. The van der Waals surface area contributed by atoms with Crippen LogP contribution in [0, 0.1) is 0 Å². The van der Waals surface area contributed by atoms with Gasteiger partial charge in [0.25, 0.3) is 0 Å². The van der Waals surface area contributed by atoms with Gasteiger partial charge in [0.15, 0.2) is 0 Å². The van der Waals surface area contributed by atoms with Gasteiger partial charge < -0.3 is 25.5 Å². The summed E-state index contributed by atoms with van der Waals surface area (Å²) >= 11 is 3.24. The van der Waals surface area contributed by atoms with E-state index in [1.54, 1.807) is 0 Å². The number of rotatable bonds is 0. The number of hydrogen-bond acceptors (Lipinski definition) is 5. The molecule has 0 bridgehead atoms. The molecule has 0 rings (SSSR count). The summed E-state index contributed by atoms with van der Waals surface area (Å²) in [6.45, 7) is 0. The van der Waals surface area contributed by atoms with Crippen LogP contribution in [-0.4, -0.2) is 29.7 Å². The third kappa shape index (κ3) is 2820. The van der Waals surface area contributed by atoms with Crippen molar-refractivity contribution in [1.29, 1.82) is 0 Å². The van der Waals surface area contributed by atoms with Crippen LogP contribution in [0.2, 0.25) is 0 Å². The Morgan fingerprint density at radius 3 is 1.36 bits per heavy atom. The van der Waals surface area contributed by atoms with Crippen molar-refractivity contribution >= 4 is 26.4 Å². The molecule has 0 unspecified atom stereocenters. The summed E-state index contributed by atoms with van der Waals surface area (Å²) in [6.07, 6.45) is -1.83. The van der Waals surface area contributed by atoms with E-state index in [1.165, 1.54) is 0 Å². The molecular formula is CH6NNaO6S2. The van der Waals surface area contributed by atoms with Gasteiger partial charge in [0.05, 0.1) is 0 Å². The van der Waals surface area contributed by atoms with E-state index in [2.05, 4.69) is 11.2 Å². The Morgan fingerprint density at radius 1 is 1.36 bits per heavy atom. The van der Waals surface area contributed by atoms with E-state index < -0.39 is 15.2 Å². The molecule has 0 radical (unpaired) electrons. The first kappa shape index (κ1) is 22.5. The van der Waals surface area contributed by atoms with Crippen molar-refractivity contribution in [2.75, 3.05) is 0 Å².